The number of anilines is 1. The van der Waals surface area contributed by atoms with Gasteiger partial charge in [0.05, 0.1) is 58.4 Å². The van der Waals surface area contributed by atoms with Crippen LogP contribution in [0.15, 0.2) is 73.2 Å². The van der Waals surface area contributed by atoms with E-state index in [9.17, 15) is 70.7 Å². The Morgan fingerprint density at radius 2 is 0.787 bits per heavy atom. The van der Waals surface area contributed by atoms with Crippen molar-refractivity contribution in [1.82, 2.24) is 28.7 Å². The molecule has 9 rings (SSSR count). The maximum Gasteiger partial charge on any atom is 0.200 e. The molecule has 0 aliphatic rings. The topological polar surface area (TPSA) is 83.0 Å². The second-order valence-electron chi connectivity index (χ2n) is 16.6. The molecular formula is C53H33F15Ir3N7O2-3. The molecule has 0 fully saturated rings. The minimum Gasteiger partial charge on any atom is -0.540 e. The number of halogens is 15. The first kappa shape index (κ1) is 65.6. The van der Waals surface area contributed by atoms with Crippen molar-refractivity contribution in [2.75, 3.05) is 26.1 Å². The molecule has 27 heteroatoms. The molecule has 0 saturated carbocycles. The fourth-order valence-electron chi connectivity index (χ4n) is 7.35. The average molecular weight is 1660 g/mol. The maximum absolute atomic E-state index is 14.0. The van der Waals surface area contributed by atoms with Crippen LogP contribution in [0.4, 0.5) is 71.5 Å². The van der Waals surface area contributed by atoms with Crippen molar-refractivity contribution in [3.05, 3.63) is 184 Å². The molecule has 0 unspecified atom stereocenters. The van der Waals surface area contributed by atoms with Gasteiger partial charge >= 0.3 is 0 Å². The molecule has 0 aliphatic carbocycles. The molecule has 0 spiro atoms. The monoisotopic (exact) mass is 1660 g/mol. The Bertz CT molecular complexity index is 3690. The minimum atomic E-state index is -2.23. The molecule has 0 amide bonds. The molecule has 6 aromatic carbocycles. The van der Waals surface area contributed by atoms with Gasteiger partial charge in [-0.05, 0) is 12.6 Å². The Labute approximate surface area is 485 Å². The molecule has 3 aromatic heterocycles. The van der Waals surface area contributed by atoms with Crippen molar-refractivity contribution in [2.24, 2.45) is 21.1 Å². The minimum absolute atomic E-state index is 0. The van der Waals surface area contributed by atoms with E-state index in [1.807, 2.05) is 19.0 Å². The molecule has 9 aromatic rings. The number of carbonyl (C=O) groups excluding carboxylic acids is 1. The summed E-state index contributed by atoms with van der Waals surface area (Å²) in [6.45, 7) is 1.36. The first-order chi connectivity index (χ1) is 36.3. The van der Waals surface area contributed by atoms with Crippen LogP contribution < -0.4 is 9.64 Å². The van der Waals surface area contributed by atoms with E-state index in [1.165, 1.54) is 78.5 Å². The Balaban J connectivity index is 0.000000254. The van der Waals surface area contributed by atoms with Gasteiger partial charge in [-0.15, -0.1) is 89.5 Å². The second-order valence-corrected chi connectivity index (χ2v) is 16.6. The first-order valence-corrected chi connectivity index (χ1v) is 21.7. The zero-order chi connectivity index (χ0) is 56.6. The summed E-state index contributed by atoms with van der Waals surface area (Å²) in [7, 11) is 9.69. The predicted molar refractivity (Wildman–Crippen MR) is 249 cm³/mol. The summed E-state index contributed by atoms with van der Waals surface area (Å²) in [6.07, 6.45) is 3.50. The standard InChI is InChI=1S/C18H13F5N3.C18H10F5N2O.C17H10F5N2O.3Ir/c1-25(2)10-6-4-5-9(7-10)18-24-11(8-26(18)3)12-13(19)15(21)17(23)16(22)14(12)20;1-8(26)9-4-3-5-10(6-9)18-24-11(7-25(18)2)12-13(19)15(21)17(23)16(22)14(12)20;1-24-7-10(11-12(18)14(20)16(22)15(21)13(11)19)23-17(24)8-3-5-9(25-2)6-4-8;;;/h4,6-8H,1-3H3;3-4,6-7H,1-2H3;3,5-7H,1-2H3;;;/q3*-1;;;. The molecule has 9 nitrogen and oxygen atoms in total. The fourth-order valence-corrected chi connectivity index (χ4v) is 7.35. The Kier molecular flexibility index (Phi) is 21.8. The number of Topliss-reactive ketones (excluding diaryl/α,β-unsaturated/α-hetero) is 1. The second kappa shape index (κ2) is 26.6. The van der Waals surface area contributed by atoms with Crippen molar-refractivity contribution < 1.29 is 136 Å². The van der Waals surface area contributed by atoms with Crippen LogP contribution in [-0.4, -0.2) is 55.6 Å². The fraction of sp³-hybridized carbons (Fsp3) is 0.132. The number of nitrogens with zero attached hydrogens (tertiary/aromatic N) is 7. The van der Waals surface area contributed by atoms with Gasteiger partial charge in [-0.3, -0.25) is 19.7 Å². The van der Waals surface area contributed by atoms with Crippen LogP contribution in [0.1, 0.15) is 17.3 Å². The summed E-state index contributed by atoms with van der Waals surface area (Å²) in [5, 5.41) is 0. The molecule has 0 bridgehead atoms. The quantitative estimate of drug-likeness (QED) is 0.0471. The smallest absolute Gasteiger partial charge is 0.200 e. The van der Waals surface area contributed by atoms with Crippen LogP contribution in [-0.2, 0) is 81.5 Å². The van der Waals surface area contributed by atoms with Gasteiger partial charge in [0.15, 0.2) is 69.8 Å². The summed E-state index contributed by atoms with van der Waals surface area (Å²) < 4.78 is 213. The van der Waals surface area contributed by atoms with E-state index in [0.717, 1.165) is 11.9 Å². The van der Waals surface area contributed by atoms with E-state index in [4.69, 9.17) is 4.74 Å². The van der Waals surface area contributed by atoms with E-state index >= 15 is 0 Å². The van der Waals surface area contributed by atoms with Gasteiger partial charge in [-0.1, -0.05) is 5.56 Å². The number of methoxy groups -OCH3 is 1. The van der Waals surface area contributed by atoms with Gasteiger partial charge in [0, 0.05) is 120 Å². The van der Waals surface area contributed by atoms with E-state index < -0.39 is 110 Å². The Hall–Kier alpha value is -6.88. The number of aryl methyl sites for hydroxylation is 3. The number of benzene rings is 6. The first-order valence-electron chi connectivity index (χ1n) is 21.7. The molecule has 3 heterocycles. The third-order valence-corrected chi connectivity index (χ3v) is 11.3. The van der Waals surface area contributed by atoms with Gasteiger partial charge in [-0.25, -0.2) is 65.9 Å². The number of aromatic nitrogens is 6. The van der Waals surface area contributed by atoms with Crippen molar-refractivity contribution in [3.63, 3.8) is 0 Å². The Morgan fingerprint density at radius 1 is 0.463 bits per heavy atom. The predicted octanol–water partition coefficient (Wildman–Crippen LogP) is 13.0. The van der Waals surface area contributed by atoms with E-state index in [0.29, 0.717) is 28.0 Å². The SMILES string of the molecule is CC(=O)c1cc[c-]c(-c2nc(-c3c(F)c(F)c(F)c(F)c3F)cn2C)c1.CN(C)c1cc[c-]c(-c2nc(-c3c(F)c(F)c(F)c(F)c3F)cn2C)c1.COc1c[c-]c(-c2nc(-c3c(F)c(F)c(F)c(F)c3F)cn2C)cc1.[Ir].[Ir].[Ir]. The number of hydrogen-bond acceptors (Lipinski definition) is 6. The molecule has 0 N–H and O–H groups in total. The van der Waals surface area contributed by atoms with Crippen molar-refractivity contribution in [2.45, 2.75) is 6.92 Å². The zero-order valence-electron chi connectivity index (χ0n) is 41.5. The normalized spacial score (nSPS) is 10.6. The zero-order valence-corrected chi connectivity index (χ0v) is 48.7. The molecule has 427 valence electrons. The van der Waals surface area contributed by atoms with Crippen molar-refractivity contribution in [3.8, 4) is 73.7 Å². The summed E-state index contributed by atoms with van der Waals surface area (Å²) in [5.74, 6) is -29.4. The number of rotatable bonds is 9. The number of hydrogen-bond donors (Lipinski definition) is 0. The number of ether oxygens (including phenoxy) is 1. The van der Waals surface area contributed by atoms with E-state index in [-0.39, 0.29) is 95.0 Å². The van der Waals surface area contributed by atoms with Crippen LogP contribution in [0.2, 0.25) is 0 Å². The maximum atomic E-state index is 14.0. The van der Waals surface area contributed by atoms with Gasteiger partial charge in [-0.2, -0.15) is 0 Å². The van der Waals surface area contributed by atoms with Gasteiger partial charge < -0.3 is 23.3 Å². The summed E-state index contributed by atoms with van der Waals surface area (Å²) in [6, 6.07) is 23.0. The van der Waals surface area contributed by atoms with Crippen LogP contribution in [0, 0.1) is 105 Å². The van der Waals surface area contributed by atoms with Crippen molar-refractivity contribution >= 4 is 11.5 Å². The molecule has 0 saturated heterocycles. The van der Waals surface area contributed by atoms with Crippen LogP contribution in [0.5, 0.6) is 5.75 Å². The van der Waals surface area contributed by atoms with Crippen LogP contribution in [0.3, 0.4) is 0 Å². The van der Waals surface area contributed by atoms with Crippen molar-refractivity contribution in [1.29, 1.82) is 0 Å². The van der Waals surface area contributed by atoms with Gasteiger partial charge in [0.2, 0.25) is 17.5 Å². The molecular weight excluding hydrogens is 1630 g/mol. The summed E-state index contributed by atoms with van der Waals surface area (Å²) >= 11 is 0. The van der Waals surface area contributed by atoms with E-state index in [1.54, 1.807) is 37.4 Å². The largest absolute Gasteiger partial charge is 0.540 e. The Morgan fingerprint density at radius 3 is 1.10 bits per heavy atom. The molecule has 80 heavy (non-hydrogen) atoms. The molecule has 0 aliphatic heterocycles. The number of carbonyl (C=O) groups is 1. The number of ketones is 1. The van der Waals surface area contributed by atoms with Gasteiger partial charge in [0.25, 0.3) is 0 Å². The van der Waals surface area contributed by atoms with Crippen LogP contribution >= 0.6 is 0 Å². The van der Waals surface area contributed by atoms with Gasteiger partial charge in [0.1, 0.15) is 5.78 Å². The molecule has 0 atom stereocenters. The number of imidazole rings is 3. The average Bonchev–Trinajstić information content (AvgIpc) is 4.13. The summed E-state index contributed by atoms with van der Waals surface area (Å²) in [4.78, 5) is 25.3. The van der Waals surface area contributed by atoms with Crippen LogP contribution in [0.25, 0.3) is 67.9 Å². The third-order valence-electron chi connectivity index (χ3n) is 11.3. The molecule has 3 radical (unpaired) electrons. The third kappa shape index (κ3) is 12.8. The summed E-state index contributed by atoms with van der Waals surface area (Å²) in [5.41, 5.74) is -1.95. The van der Waals surface area contributed by atoms with E-state index in [2.05, 4.69) is 33.2 Å².